The second kappa shape index (κ2) is 12.6. The van der Waals surface area contributed by atoms with Crippen LogP contribution in [0.15, 0.2) is 30.6 Å². The Balaban J connectivity index is 1.87. The van der Waals surface area contributed by atoms with Crippen molar-refractivity contribution < 1.29 is 19.1 Å². The first-order valence-corrected chi connectivity index (χ1v) is 10.9. The molecule has 2 amide bonds. The fraction of sp³-hybridized carbons (Fsp3) is 0.500. The Labute approximate surface area is 190 Å². The van der Waals surface area contributed by atoms with Crippen molar-refractivity contribution >= 4 is 11.8 Å². The van der Waals surface area contributed by atoms with Crippen molar-refractivity contribution in [2.45, 2.75) is 40.0 Å². The lowest BCUT2D eigenvalue weighted by atomic mass is 10.1. The molecule has 0 spiro atoms. The van der Waals surface area contributed by atoms with Gasteiger partial charge in [0.25, 0.3) is 5.91 Å². The van der Waals surface area contributed by atoms with Crippen LogP contribution in [0.3, 0.4) is 0 Å². The molecule has 2 aromatic rings. The number of carbonyl (C=O) groups is 2. The molecule has 0 bridgehead atoms. The highest BCUT2D eigenvalue weighted by atomic mass is 16.5. The summed E-state index contributed by atoms with van der Waals surface area (Å²) in [5.41, 5.74) is 2.09. The number of nitrogens with one attached hydrogen (secondary N) is 1. The van der Waals surface area contributed by atoms with Crippen LogP contribution in [0.5, 0.6) is 11.5 Å². The van der Waals surface area contributed by atoms with Crippen LogP contribution in [0.25, 0.3) is 0 Å². The van der Waals surface area contributed by atoms with E-state index >= 15 is 0 Å². The summed E-state index contributed by atoms with van der Waals surface area (Å²) in [5.74, 6) is 1.49. The fourth-order valence-electron chi connectivity index (χ4n) is 3.10. The molecule has 0 saturated carbocycles. The Kier molecular flexibility index (Phi) is 9.91. The number of nitrogens with zero attached hydrogens (tertiary/aromatic N) is 3. The molecule has 8 heteroatoms. The summed E-state index contributed by atoms with van der Waals surface area (Å²) in [4.78, 5) is 35.3. The van der Waals surface area contributed by atoms with Gasteiger partial charge in [-0.3, -0.25) is 14.6 Å². The maximum absolute atomic E-state index is 12.9. The number of hydrogen-bond donors (Lipinski definition) is 1. The van der Waals surface area contributed by atoms with Crippen LogP contribution in [0.4, 0.5) is 0 Å². The van der Waals surface area contributed by atoms with Crippen molar-refractivity contribution in [3.8, 4) is 11.5 Å². The summed E-state index contributed by atoms with van der Waals surface area (Å²) in [5, 5.41) is 2.93. The van der Waals surface area contributed by atoms with E-state index in [1.165, 1.54) is 6.20 Å². The van der Waals surface area contributed by atoms with E-state index in [2.05, 4.69) is 29.1 Å². The van der Waals surface area contributed by atoms with Crippen molar-refractivity contribution in [3.63, 3.8) is 0 Å². The average molecular weight is 443 g/mol. The molecule has 32 heavy (non-hydrogen) atoms. The predicted molar refractivity (Wildman–Crippen MR) is 123 cm³/mol. The summed E-state index contributed by atoms with van der Waals surface area (Å²) in [6.07, 6.45) is 4.82. The van der Waals surface area contributed by atoms with Crippen LogP contribution in [0, 0.1) is 12.8 Å². The Hall–Kier alpha value is -3.16. The van der Waals surface area contributed by atoms with E-state index in [0.29, 0.717) is 49.2 Å². The second-order valence-corrected chi connectivity index (χ2v) is 8.06. The molecule has 0 radical (unpaired) electrons. The van der Waals surface area contributed by atoms with Gasteiger partial charge in [0.05, 0.1) is 26.1 Å². The van der Waals surface area contributed by atoms with Gasteiger partial charge in [-0.25, -0.2) is 4.98 Å². The molecule has 0 aliphatic rings. The van der Waals surface area contributed by atoms with Gasteiger partial charge in [0.15, 0.2) is 11.5 Å². The number of methoxy groups -OCH3 is 2. The Morgan fingerprint density at radius 3 is 2.44 bits per heavy atom. The molecule has 0 unspecified atom stereocenters. The quantitative estimate of drug-likeness (QED) is 0.543. The second-order valence-electron chi connectivity index (χ2n) is 8.06. The van der Waals surface area contributed by atoms with E-state index < -0.39 is 0 Å². The van der Waals surface area contributed by atoms with Gasteiger partial charge in [-0.1, -0.05) is 19.9 Å². The highest BCUT2D eigenvalue weighted by Gasteiger charge is 2.19. The van der Waals surface area contributed by atoms with Crippen LogP contribution in [0.1, 0.15) is 48.4 Å². The monoisotopic (exact) mass is 442 g/mol. The first kappa shape index (κ1) is 25.1. The Bertz CT molecular complexity index is 884. The number of amides is 2. The van der Waals surface area contributed by atoms with Gasteiger partial charge in [-0.2, -0.15) is 0 Å². The molecule has 1 heterocycles. The molecule has 1 aromatic heterocycles. The van der Waals surface area contributed by atoms with Crippen LogP contribution in [-0.4, -0.2) is 60.5 Å². The summed E-state index contributed by atoms with van der Waals surface area (Å²) in [6.45, 7) is 7.44. The lowest BCUT2D eigenvalue weighted by Gasteiger charge is -2.23. The third kappa shape index (κ3) is 7.83. The number of aryl methyl sites for hydroxylation is 1. The first-order valence-electron chi connectivity index (χ1n) is 10.9. The van der Waals surface area contributed by atoms with Gasteiger partial charge >= 0.3 is 0 Å². The molecule has 1 aromatic carbocycles. The molecule has 174 valence electrons. The van der Waals surface area contributed by atoms with E-state index in [0.717, 1.165) is 17.7 Å². The molecular weight excluding hydrogens is 408 g/mol. The van der Waals surface area contributed by atoms with Gasteiger partial charge < -0.3 is 19.7 Å². The fourth-order valence-corrected chi connectivity index (χ4v) is 3.10. The molecule has 0 atom stereocenters. The van der Waals surface area contributed by atoms with Gasteiger partial charge in [-0.05, 0) is 43.4 Å². The normalized spacial score (nSPS) is 10.7. The number of hydrogen-bond acceptors (Lipinski definition) is 6. The zero-order chi connectivity index (χ0) is 23.5. The van der Waals surface area contributed by atoms with Gasteiger partial charge in [0.1, 0.15) is 5.69 Å². The molecule has 0 aliphatic heterocycles. The van der Waals surface area contributed by atoms with E-state index in [9.17, 15) is 9.59 Å². The molecule has 1 N–H and O–H groups in total. The SMILES string of the molecule is COc1ccc(CCNC(=O)CCN(CCC(C)C)C(=O)c2cnc(C)cn2)cc1OC. The number of benzene rings is 1. The van der Waals surface area contributed by atoms with E-state index in [1.807, 2.05) is 25.1 Å². The summed E-state index contributed by atoms with van der Waals surface area (Å²) in [7, 11) is 3.19. The maximum Gasteiger partial charge on any atom is 0.274 e. The van der Waals surface area contributed by atoms with E-state index in [4.69, 9.17) is 9.47 Å². The van der Waals surface area contributed by atoms with Crippen molar-refractivity contribution in [1.82, 2.24) is 20.2 Å². The number of aromatic nitrogens is 2. The Morgan fingerprint density at radius 1 is 1.06 bits per heavy atom. The number of carbonyl (C=O) groups excluding carboxylic acids is 2. The van der Waals surface area contributed by atoms with Crippen LogP contribution in [0.2, 0.25) is 0 Å². The molecule has 0 fully saturated rings. The summed E-state index contributed by atoms with van der Waals surface area (Å²) >= 11 is 0. The molecule has 0 saturated heterocycles. The highest BCUT2D eigenvalue weighted by molar-refractivity contribution is 5.92. The van der Waals surface area contributed by atoms with Gasteiger partial charge in [0, 0.05) is 32.3 Å². The minimum absolute atomic E-state index is 0.0946. The molecule has 0 aliphatic carbocycles. The van der Waals surface area contributed by atoms with Crippen LogP contribution >= 0.6 is 0 Å². The number of rotatable bonds is 12. The molecule has 8 nitrogen and oxygen atoms in total. The molecule has 2 rings (SSSR count). The minimum Gasteiger partial charge on any atom is -0.493 e. The van der Waals surface area contributed by atoms with Crippen molar-refractivity contribution in [1.29, 1.82) is 0 Å². The van der Waals surface area contributed by atoms with Crippen molar-refractivity contribution in [2.75, 3.05) is 33.9 Å². The number of ether oxygens (including phenoxy) is 2. The zero-order valence-electron chi connectivity index (χ0n) is 19.7. The van der Waals surface area contributed by atoms with Gasteiger partial charge in [0.2, 0.25) is 5.91 Å². The lowest BCUT2D eigenvalue weighted by molar-refractivity contribution is -0.121. The van der Waals surface area contributed by atoms with E-state index in [-0.39, 0.29) is 18.2 Å². The van der Waals surface area contributed by atoms with Crippen LogP contribution < -0.4 is 14.8 Å². The summed E-state index contributed by atoms with van der Waals surface area (Å²) in [6, 6.07) is 5.70. The molecular formula is C24H34N4O4. The Morgan fingerprint density at radius 2 is 1.81 bits per heavy atom. The highest BCUT2D eigenvalue weighted by Crippen LogP contribution is 2.27. The topological polar surface area (TPSA) is 93.7 Å². The smallest absolute Gasteiger partial charge is 0.274 e. The standard InChI is InChI=1S/C24H34N4O4/c1-17(2)9-12-28(24(30)20-16-26-18(3)15-27-20)13-10-23(29)25-11-8-19-6-7-21(31-4)22(14-19)32-5/h6-7,14-17H,8-13H2,1-5H3,(H,25,29). The van der Waals surface area contributed by atoms with Crippen molar-refractivity contribution in [2.24, 2.45) is 5.92 Å². The van der Waals surface area contributed by atoms with Crippen molar-refractivity contribution in [3.05, 3.63) is 47.5 Å². The van der Waals surface area contributed by atoms with E-state index in [1.54, 1.807) is 25.3 Å². The summed E-state index contributed by atoms with van der Waals surface area (Å²) < 4.78 is 10.6. The maximum atomic E-state index is 12.9. The minimum atomic E-state index is -0.198. The average Bonchev–Trinajstić information content (AvgIpc) is 2.78. The predicted octanol–water partition coefficient (Wildman–Crippen LogP) is 3.04. The third-order valence-electron chi connectivity index (χ3n) is 5.06. The van der Waals surface area contributed by atoms with Crippen LogP contribution in [-0.2, 0) is 11.2 Å². The van der Waals surface area contributed by atoms with Gasteiger partial charge in [-0.15, -0.1) is 0 Å². The lowest BCUT2D eigenvalue weighted by Crippen LogP contribution is -2.37. The first-order chi connectivity index (χ1) is 15.3. The zero-order valence-corrected chi connectivity index (χ0v) is 19.7. The third-order valence-corrected chi connectivity index (χ3v) is 5.06. The largest absolute Gasteiger partial charge is 0.493 e.